The zero-order chi connectivity index (χ0) is 22.2. The Kier molecular flexibility index (Phi) is 5.71. The third-order valence-corrected chi connectivity index (χ3v) is 7.04. The number of amides is 2. The molecule has 32 heavy (non-hydrogen) atoms. The average molecular weight is 442 g/mol. The average Bonchev–Trinajstić information content (AvgIpc) is 3.42. The van der Waals surface area contributed by atoms with Crippen molar-refractivity contribution < 1.29 is 14.3 Å². The Morgan fingerprint density at radius 3 is 2.56 bits per heavy atom. The minimum atomic E-state index is -0.222. The Hall–Kier alpha value is -2.75. The standard InChI is InChI=1S/C22H31N7O3/c1-26(2)19-4-3-18-23-24-21(29(18)25-19)15-5-9-27(10-6-15)22(31)16-13-20(30)28(14-16)17-7-11-32-12-8-17/h3-4,15-17H,5-14H2,1-2H3. The van der Waals surface area contributed by atoms with Crippen LogP contribution in [0.4, 0.5) is 5.82 Å². The molecule has 0 N–H and O–H groups in total. The number of hydrogen-bond acceptors (Lipinski definition) is 7. The van der Waals surface area contributed by atoms with Gasteiger partial charge in [0.1, 0.15) is 5.82 Å². The van der Waals surface area contributed by atoms with E-state index in [2.05, 4.69) is 15.3 Å². The van der Waals surface area contributed by atoms with E-state index in [0.717, 1.165) is 43.0 Å². The largest absolute Gasteiger partial charge is 0.381 e. The van der Waals surface area contributed by atoms with Gasteiger partial charge >= 0.3 is 0 Å². The van der Waals surface area contributed by atoms with Crippen molar-refractivity contribution in [3.05, 3.63) is 18.0 Å². The molecular formula is C22H31N7O3. The molecule has 5 rings (SSSR count). The van der Waals surface area contributed by atoms with Gasteiger partial charge in [0.2, 0.25) is 11.8 Å². The number of carbonyl (C=O) groups excluding carboxylic acids is 2. The Labute approximate surface area is 187 Å². The van der Waals surface area contributed by atoms with Gasteiger partial charge in [-0.25, -0.2) is 0 Å². The van der Waals surface area contributed by atoms with Gasteiger partial charge in [-0.2, -0.15) is 4.52 Å². The summed E-state index contributed by atoms with van der Waals surface area (Å²) >= 11 is 0. The highest BCUT2D eigenvalue weighted by Gasteiger charge is 2.40. The molecule has 10 nitrogen and oxygen atoms in total. The number of piperidine rings is 1. The van der Waals surface area contributed by atoms with Crippen molar-refractivity contribution >= 4 is 23.3 Å². The van der Waals surface area contributed by atoms with Gasteiger partial charge in [-0.3, -0.25) is 9.59 Å². The highest BCUT2D eigenvalue weighted by Crippen LogP contribution is 2.31. The van der Waals surface area contributed by atoms with Crippen LogP contribution in [0.2, 0.25) is 0 Å². The second-order valence-electron chi connectivity index (χ2n) is 9.30. The normalized spacial score (nSPS) is 23.3. The van der Waals surface area contributed by atoms with Crippen molar-refractivity contribution in [1.29, 1.82) is 0 Å². The maximum Gasteiger partial charge on any atom is 0.227 e. The van der Waals surface area contributed by atoms with E-state index >= 15 is 0 Å². The van der Waals surface area contributed by atoms with Gasteiger partial charge in [-0.05, 0) is 37.8 Å². The van der Waals surface area contributed by atoms with Gasteiger partial charge in [-0.1, -0.05) is 0 Å². The number of rotatable bonds is 4. The number of anilines is 1. The number of fused-ring (bicyclic) bond motifs is 1. The van der Waals surface area contributed by atoms with E-state index < -0.39 is 0 Å². The van der Waals surface area contributed by atoms with Gasteiger partial charge < -0.3 is 19.4 Å². The van der Waals surface area contributed by atoms with Crippen LogP contribution in [0.15, 0.2) is 12.1 Å². The molecule has 0 saturated carbocycles. The first-order valence-electron chi connectivity index (χ1n) is 11.6. The quantitative estimate of drug-likeness (QED) is 0.696. The molecule has 3 fully saturated rings. The lowest BCUT2D eigenvalue weighted by Crippen LogP contribution is -2.44. The monoisotopic (exact) mass is 441 g/mol. The summed E-state index contributed by atoms with van der Waals surface area (Å²) in [6, 6.07) is 4.08. The van der Waals surface area contributed by atoms with Crippen LogP contribution in [-0.2, 0) is 14.3 Å². The fraction of sp³-hybridized carbons (Fsp3) is 0.682. The van der Waals surface area contributed by atoms with Crippen LogP contribution in [0.5, 0.6) is 0 Å². The van der Waals surface area contributed by atoms with E-state index in [1.807, 2.05) is 45.4 Å². The molecule has 10 heteroatoms. The van der Waals surface area contributed by atoms with E-state index in [-0.39, 0.29) is 29.7 Å². The van der Waals surface area contributed by atoms with Crippen molar-refractivity contribution in [3.8, 4) is 0 Å². The fourth-order valence-corrected chi connectivity index (χ4v) is 5.15. The van der Waals surface area contributed by atoms with Gasteiger partial charge in [0.15, 0.2) is 11.5 Å². The molecule has 172 valence electrons. The molecular weight excluding hydrogens is 410 g/mol. The summed E-state index contributed by atoms with van der Waals surface area (Å²) in [5, 5.41) is 13.4. The fourth-order valence-electron chi connectivity index (χ4n) is 5.15. The van der Waals surface area contributed by atoms with Crippen LogP contribution >= 0.6 is 0 Å². The van der Waals surface area contributed by atoms with Crippen molar-refractivity contribution in [2.24, 2.45) is 5.92 Å². The van der Waals surface area contributed by atoms with E-state index in [4.69, 9.17) is 4.74 Å². The number of nitrogens with zero attached hydrogens (tertiary/aromatic N) is 7. The molecule has 0 bridgehead atoms. The topological polar surface area (TPSA) is 96.2 Å². The second kappa shape index (κ2) is 8.65. The summed E-state index contributed by atoms with van der Waals surface area (Å²) < 4.78 is 7.25. The van der Waals surface area contributed by atoms with Crippen molar-refractivity contribution in [1.82, 2.24) is 29.6 Å². The Bertz CT molecular complexity index is 993. The highest BCUT2D eigenvalue weighted by molar-refractivity contribution is 5.89. The molecule has 2 aromatic heterocycles. The Balaban J connectivity index is 1.21. The molecule has 3 aliphatic rings. The van der Waals surface area contributed by atoms with Gasteiger partial charge in [0.05, 0.1) is 5.92 Å². The Morgan fingerprint density at radius 1 is 1.09 bits per heavy atom. The van der Waals surface area contributed by atoms with Crippen molar-refractivity contribution in [2.45, 2.75) is 44.1 Å². The molecule has 2 aromatic rings. The molecule has 0 radical (unpaired) electrons. The predicted octanol–water partition coefficient (Wildman–Crippen LogP) is 0.924. The third-order valence-electron chi connectivity index (χ3n) is 7.04. The zero-order valence-electron chi connectivity index (χ0n) is 18.8. The van der Waals surface area contributed by atoms with Crippen molar-refractivity contribution in [2.75, 3.05) is 51.8 Å². The third kappa shape index (κ3) is 3.92. The summed E-state index contributed by atoms with van der Waals surface area (Å²) in [7, 11) is 3.92. The maximum atomic E-state index is 13.2. The summed E-state index contributed by atoms with van der Waals surface area (Å²) in [5.74, 6) is 1.93. The smallest absolute Gasteiger partial charge is 0.227 e. The molecule has 0 spiro atoms. The van der Waals surface area contributed by atoms with Crippen molar-refractivity contribution in [3.63, 3.8) is 0 Å². The molecule has 3 aliphatic heterocycles. The van der Waals surface area contributed by atoms with Crippen LogP contribution in [0.25, 0.3) is 5.65 Å². The summed E-state index contributed by atoms with van der Waals surface area (Å²) in [5.41, 5.74) is 0.738. The minimum absolute atomic E-state index is 0.114. The Morgan fingerprint density at radius 2 is 1.84 bits per heavy atom. The molecule has 0 aliphatic carbocycles. The van der Waals surface area contributed by atoms with E-state index in [9.17, 15) is 9.59 Å². The maximum absolute atomic E-state index is 13.2. The van der Waals surface area contributed by atoms with Crippen LogP contribution in [0, 0.1) is 5.92 Å². The lowest BCUT2D eigenvalue weighted by molar-refractivity contribution is -0.136. The predicted molar refractivity (Wildman–Crippen MR) is 117 cm³/mol. The van der Waals surface area contributed by atoms with Gasteiger partial charge in [0.25, 0.3) is 0 Å². The summed E-state index contributed by atoms with van der Waals surface area (Å²) in [6.07, 6.45) is 3.72. The lowest BCUT2D eigenvalue weighted by Gasteiger charge is -2.33. The summed E-state index contributed by atoms with van der Waals surface area (Å²) in [6.45, 7) is 3.29. The number of ether oxygens (including phenoxy) is 1. The van der Waals surface area contributed by atoms with Gasteiger partial charge in [0, 0.05) is 65.3 Å². The molecule has 1 atom stereocenters. The minimum Gasteiger partial charge on any atom is -0.381 e. The first-order chi connectivity index (χ1) is 15.5. The number of aromatic nitrogens is 4. The number of hydrogen-bond donors (Lipinski definition) is 0. The molecule has 5 heterocycles. The van der Waals surface area contributed by atoms with E-state index in [1.54, 1.807) is 0 Å². The van der Waals surface area contributed by atoms with E-state index in [1.165, 1.54) is 0 Å². The molecule has 0 aromatic carbocycles. The highest BCUT2D eigenvalue weighted by atomic mass is 16.5. The van der Waals surface area contributed by atoms with Gasteiger partial charge in [-0.15, -0.1) is 15.3 Å². The zero-order valence-corrected chi connectivity index (χ0v) is 18.8. The number of carbonyl (C=O) groups is 2. The number of likely N-dealkylation sites (tertiary alicyclic amines) is 2. The molecule has 2 amide bonds. The lowest BCUT2D eigenvalue weighted by atomic mass is 9.94. The SMILES string of the molecule is CN(C)c1ccc2nnc(C3CCN(C(=O)C4CC(=O)N(C5CCOCC5)C4)CC3)n2n1. The second-order valence-corrected chi connectivity index (χ2v) is 9.30. The summed E-state index contributed by atoms with van der Waals surface area (Å²) in [4.78, 5) is 31.5. The first-order valence-corrected chi connectivity index (χ1v) is 11.6. The van der Waals surface area contributed by atoms with Crippen LogP contribution in [-0.4, -0.2) is 94.4 Å². The van der Waals surface area contributed by atoms with Crippen LogP contribution in [0.1, 0.15) is 43.8 Å². The van der Waals surface area contributed by atoms with Crippen LogP contribution in [0.3, 0.4) is 0 Å². The molecule has 3 saturated heterocycles. The van der Waals surface area contributed by atoms with E-state index in [0.29, 0.717) is 39.3 Å². The first kappa shape index (κ1) is 21.1. The molecule has 1 unspecified atom stereocenters. The van der Waals surface area contributed by atoms with Crippen LogP contribution < -0.4 is 4.90 Å².